The number of nitrogens with zero attached hydrogens (tertiary/aromatic N) is 4. The maximum absolute atomic E-state index is 13.2. The van der Waals surface area contributed by atoms with Crippen molar-refractivity contribution >= 4 is 38.6 Å². The van der Waals surface area contributed by atoms with Crippen molar-refractivity contribution in [3.8, 4) is 0 Å². The lowest BCUT2D eigenvalue weighted by Crippen LogP contribution is -2.45. The number of likely N-dealkylation sites (tertiary alicyclic amines) is 1. The Hall–Kier alpha value is -2.58. The number of carbonyl (C=O) groups is 1. The number of hydrogen-bond donors (Lipinski definition) is 1. The molecule has 8 heteroatoms. The van der Waals surface area contributed by atoms with Gasteiger partial charge in [0.2, 0.25) is 0 Å². The highest BCUT2D eigenvalue weighted by Gasteiger charge is 2.25. The molecule has 0 atom stereocenters. The molecule has 1 fully saturated rings. The van der Waals surface area contributed by atoms with Gasteiger partial charge in [0.25, 0.3) is 5.91 Å². The van der Waals surface area contributed by atoms with Crippen LogP contribution >= 0.6 is 15.9 Å². The summed E-state index contributed by atoms with van der Waals surface area (Å²) in [6.07, 6.45) is 4.27. The average molecular weight is 526 g/mol. The standard InChI is InChI=1S/C26H29BrFN5O/c1-17-12-21(27)14-23-24(17)30-16-31-25(23)33-9-4-18-2-3-19(13-20(18)15-33)26(34)32-10-5-22(6-11-32)29-8-7-28/h2-3,12-14,16,22,29H,4-11,15H2,1H3. The van der Waals surface area contributed by atoms with Crippen LogP contribution in [0.2, 0.25) is 0 Å². The van der Waals surface area contributed by atoms with E-state index >= 15 is 0 Å². The van der Waals surface area contributed by atoms with E-state index in [1.54, 1.807) is 6.33 Å². The summed E-state index contributed by atoms with van der Waals surface area (Å²) in [6.45, 7) is 5.08. The van der Waals surface area contributed by atoms with E-state index in [9.17, 15) is 9.18 Å². The fourth-order valence-electron chi connectivity index (χ4n) is 5.14. The van der Waals surface area contributed by atoms with Gasteiger partial charge in [-0.2, -0.15) is 0 Å². The largest absolute Gasteiger partial charge is 0.351 e. The second-order valence-corrected chi connectivity index (χ2v) is 10.1. The predicted molar refractivity (Wildman–Crippen MR) is 136 cm³/mol. The zero-order valence-electron chi connectivity index (χ0n) is 19.4. The Balaban J connectivity index is 1.34. The van der Waals surface area contributed by atoms with Crippen molar-refractivity contribution in [3.63, 3.8) is 0 Å². The molecule has 178 valence electrons. The number of piperidine rings is 1. The summed E-state index contributed by atoms with van der Waals surface area (Å²) in [5.74, 6) is 1.01. The first-order chi connectivity index (χ1) is 16.5. The minimum absolute atomic E-state index is 0.0795. The monoisotopic (exact) mass is 525 g/mol. The van der Waals surface area contributed by atoms with Crippen LogP contribution in [0.25, 0.3) is 10.9 Å². The van der Waals surface area contributed by atoms with Crippen LogP contribution in [-0.2, 0) is 13.0 Å². The summed E-state index contributed by atoms with van der Waals surface area (Å²) < 4.78 is 13.4. The van der Waals surface area contributed by atoms with Crippen LogP contribution in [0.4, 0.5) is 10.2 Å². The van der Waals surface area contributed by atoms with Gasteiger partial charge < -0.3 is 15.1 Å². The zero-order valence-corrected chi connectivity index (χ0v) is 20.9. The van der Waals surface area contributed by atoms with E-state index in [4.69, 9.17) is 0 Å². The van der Waals surface area contributed by atoms with E-state index in [-0.39, 0.29) is 12.6 Å². The zero-order chi connectivity index (χ0) is 23.7. The van der Waals surface area contributed by atoms with Crippen LogP contribution in [-0.4, -0.2) is 59.7 Å². The molecule has 1 saturated heterocycles. The van der Waals surface area contributed by atoms with Crippen LogP contribution in [0.15, 0.2) is 41.1 Å². The van der Waals surface area contributed by atoms with Crippen molar-refractivity contribution in [1.29, 1.82) is 0 Å². The van der Waals surface area contributed by atoms with E-state index in [1.165, 1.54) is 11.1 Å². The summed E-state index contributed by atoms with van der Waals surface area (Å²) >= 11 is 3.61. The van der Waals surface area contributed by atoms with Gasteiger partial charge in [-0.1, -0.05) is 22.0 Å². The van der Waals surface area contributed by atoms with Gasteiger partial charge in [-0.25, -0.2) is 14.4 Å². The maximum Gasteiger partial charge on any atom is 0.253 e. The molecule has 0 aliphatic carbocycles. The van der Waals surface area contributed by atoms with Gasteiger partial charge in [-0.05, 0) is 67.1 Å². The molecule has 0 unspecified atom stereocenters. The number of rotatable bonds is 5. The second kappa shape index (κ2) is 9.96. The number of carbonyl (C=O) groups excluding carboxylic acids is 1. The number of hydrogen-bond acceptors (Lipinski definition) is 5. The summed E-state index contributed by atoms with van der Waals surface area (Å²) in [7, 11) is 0. The summed E-state index contributed by atoms with van der Waals surface area (Å²) in [5, 5.41) is 4.26. The highest BCUT2D eigenvalue weighted by atomic mass is 79.9. The van der Waals surface area contributed by atoms with Crippen LogP contribution in [0.5, 0.6) is 0 Å². The lowest BCUT2D eigenvalue weighted by molar-refractivity contribution is 0.0704. The SMILES string of the molecule is Cc1cc(Br)cc2c(N3CCc4ccc(C(=O)N5CCC(NCCF)CC5)cc4C3)ncnc12. The molecule has 2 aliphatic rings. The molecule has 5 rings (SSSR count). The Morgan fingerprint density at radius 3 is 2.76 bits per heavy atom. The number of amides is 1. The van der Waals surface area contributed by atoms with Crippen molar-refractivity contribution in [2.75, 3.05) is 37.8 Å². The lowest BCUT2D eigenvalue weighted by atomic mass is 9.96. The van der Waals surface area contributed by atoms with Crippen molar-refractivity contribution in [1.82, 2.24) is 20.2 Å². The topological polar surface area (TPSA) is 61.4 Å². The van der Waals surface area contributed by atoms with E-state index in [0.717, 1.165) is 58.1 Å². The average Bonchev–Trinajstić information content (AvgIpc) is 2.86. The van der Waals surface area contributed by atoms with Crippen LogP contribution in [0.1, 0.15) is 39.9 Å². The third-order valence-electron chi connectivity index (χ3n) is 6.95. The predicted octanol–water partition coefficient (Wildman–Crippen LogP) is 4.43. The van der Waals surface area contributed by atoms with Gasteiger partial charge in [0, 0.05) is 54.2 Å². The maximum atomic E-state index is 13.2. The molecule has 0 spiro atoms. The van der Waals surface area contributed by atoms with Crippen molar-refractivity contribution < 1.29 is 9.18 Å². The smallest absolute Gasteiger partial charge is 0.253 e. The van der Waals surface area contributed by atoms with Crippen LogP contribution in [0.3, 0.4) is 0 Å². The van der Waals surface area contributed by atoms with E-state index < -0.39 is 0 Å². The van der Waals surface area contributed by atoms with Crippen LogP contribution < -0.4 is 10.2 Å². The number of aryl methyl sites for hydroxylation is 1. The number of benzene rings is 2. The number of anilines is 1. The lowest BCUT2D eigenvalue weighted by Gasteiger charge is -2.33. The molecule has 2 aromatic carbocycles. The van der Waals surface area contributed by atoms with Gasteiger partial charge in [0.1, 0.15) is 18.8 Å². The van der Waals surface area contributed by atoms with Crippen molar-refractivity contribution in [2.24, 2.45) is 0 Å². The third-order valence-corrected chi connectivity index (χ3v) is 7.41. The van der Waals surface area contributed by atoms with Gasteiger partial charge in [0.05, 0.1) is 5.52 Å². The van der Waals surface area contributed by atoms with Crippen molar-refractivity contribution in [2.45, 2.75) is 38.8 Å². The molecule has 3 heterocycles. The quantitative estimate of drug-likeness (QED) is 0.533. The first-order valence-corrected chi connectivity index (χ1v) is 12.7. The normalized spacial score (nSPS) is 16.7. The van der Waals surface area contributed by atoms with Gasteiger partial charge in [-0.15, -0.1) is 0 Å². The number of alkyl halides is 1. The molecule has 0 saturated carbocycles. The molecule has 2 aliphatic heterocycles. The summed E-state index contributed by atoms with van der Waals surface area (Å²) in [6, 6.07) is 10.6. The molecule has 1 amide bonds. The summed E-state index contributed by atoms with van der Waals surface area (Å²) in [4.78, 5) is 26.6. The minimum atomic E-state index is -0.354. The molecular formula is C26H29BrFN5O. The van der Waals surface area contributed by atoms with E-state index in [1.807, 2.05) is 11.0 Å². The Bertz CT molecular complexity index is 1210. The van der Waals surface area contributed by atoms with Crippen LogP contribution in [0, 0.1) is 6.92 Å². The fraction of sp³-hybridized carbons (Fsp3) is 0.423. The van der Waals surface area contributed by atoms with E-state index in [0.29, 0.717) is 32.2 Å². The van der Waals surface area contributed by atoms with E-state index in [2.05, 4.69) is 67.3 Å². The number of halogens is 2. The number of nitrogens with one attached hydrogen (secondary N) is 1. The number of aromatic nitrogens is 2. The Morgan fingerprint density at radius 1 is 1.15 bits per heavy atom. The van der Waals surface area contributed by atoms with Crippen molar-refractivity contribution in [3.05, 3.63) is 63.4 Å². The number of fused-ring (bicyclic) bond motifs is 2. The highest BCUT2D eigenvalue weighted by molar-refractivity contribution is 9.10. The fourth-order valence-corrected chi connectivity index (χ4v) is 5.71. The molecule has 1 N–H and O–H groups in total. The van der Waals surface area contributed by atoms with Gasteiger partial charge in [-0.3, -0.25) is 4.79 Å². The van der Waals surface area contributed by atoms with Gasteiger partial charge >= 0.3 is 0 Å². The Labute approximate surface area is 207 Å². The first kappa shape index (κ1) is 23.2. The Kier molecular flexibility index (Phi) is 6.79. The minimum Gasteiger partial charge on any atom is -0.351 e. The third kappa shape index (κ3) is 4.66. The second-order valence-electron chi connectivity index (χ2n) is 9.18. The molecule has 0 bridgehead atoms. The summed E-state index contributed by atoms with van der Waals surface area (Å²) in [5.41, 5.74) is 5.28. The first-order valence-electron chi connectivity index (χ1n) is 11.9. The molecule has 0 radical (unpaired) electrons. The molecule has 34 heavy (non-hydrogen) atoms. The highest BCUT2D eigenvalue weighted by Crippen LogP contribution is 2.32. The Morgan fingerprint density at radius 2 is 1.97 bits per heavy atom. The van der Waals surface area contributed by atoms with Gasteiger partial charge in [0.15, 0.2) is 0 Å². The molecule has 6 nitrogen and oxygen atoms in total. The molecule has 1 aromatic heterocycles. The molecular weight excluding hydrogens is 497 g/mol. The molecule has 3 aromatic rings.